The number of carbonyl (C=O) groups excluding carboxylic acids is 1. The molecule has 7 nitrogen and oxygen atoms in total. The van der Waals surface area contributed by atoms with Gasteiger partial charge in [0.15, 0.2) is 11.5 Å². The summed E-state index contributed by atoms with van der Waals surface area (Å²) in [4.78, 5) is 25.2. The second-order valence-corrected chi connectivity index (χ2v) is 8.00. The fourth-order valence-electron chi connectivity index (χ4n) is 4.40. The Balaban J connectivity index is 1.50. The molecule has 2 aromatic carbocycles. The quantitative estimate of drug-likeness (QED) is 0.498. The summed E-state index contributed by atoms with van der Waals surface area (Å²) in [6, 6.07) is 12.4. The highest BCUT2D eigenvalue weighted by Crippen LogP contribution is 2.37. The number of methoxy groups -OCH3 is 1. The molecule has 1 aliphatic heterocycles. The Morgan fingerprint density at radius 2 is 1.90 bits per heavy atom. The molecule has 2 fully saturated rings. The SMILES string of the molecule is COc1ccc(C2CC(=O)N(Cc3ccccc3[N+](=O)[O-])C2)cc1OC1CCCC1. The van der Waals surface area contributed by atoms with Gasteiger partial charge in [-0.15, -0.1) is 0 Å². The van der Waals surface area contributed by atoms with Crippen molar-refractivity contribution in [3.05, 3.63) is 63.7 Å². The van der Waals surface area contributed by atoms with Gasteiger partial charge in [0.2, 0.25) is 5.91 Å². The number of nitrogens with zero attached hydrogens (tertiary/aromatic N) is 2. The van der Waals surface area contributed by atoms with Crippen LogP contribution in [0.5, 0.6) is 11.5 Å². The van der Waals surface area contributed by atoms with Gasteiger partial charge in [-0.05, 0) is 43.4 Å². The van der Waals surface area contributed by atoms with Crippen molar-refractivity contribution in [3.63, 3.8) is 0 Å². The molecule has 1 aliphatic carbocycles. The van der Waals surface area contributed by atoms with E-state index >= 15 is 0 Å². The number of carbonyl (C=O) groups is 1. The number of para-hydroxylation sites is 1. The van der Waals surface area contributed by atoms with E-state index in [9.17, 15) is 14.9 Å². The summed E-state index contributed by atoms with van der Waals surface area (Å²) in [6.45, 7) is 0.772. The van der Waals surface area contributed by atoms with Gasteiger partial charge < -0.3 is 14.4 Å². The van der Waals surface area contributed by atoms with Gasteiger partial charge in [0, 0.05) is 30.5 Å². The van der Waals surface area contributed by atoms with Crippen molar-refractivity contribution in [2.75, 3.05) is 13.7 Å². The zero-order valence-corrected chi connectivity index (χ0v) is 17.1. The van der Waals surface area contributed by atoms with Gasteiger partial charge in [-0.2, -0.15) is 0 Å². The number of nitro benzene ring substituents is 1. The van der Waals surface area contributed by atoms with Crippen LogP contribution >= 0.6 is 0 Å². The summed E-state index contributed by atoms with van der Waals surface area (Å²) in [5.41, 5.74) is 1.63. The largest absolute Gasteiger partial charge is 0.493 e. The number of ether oxygens (including phenoxy) is 2. The maximum absolute atomic E-state index is 12.6. The summed E-state index contributed by atoms with van der Waals surface area (Å²) >= 11 is 0. The fraction of sp³-hybridized carbons (Fsp3) is 0.435. The lowest BCUT2D eigenvalue weighted by Gasteiger charge is -2.19. The van der Waals surface area contributed by atoms with Crippen LogP contribution in [-0.2, 0) is 11.3 Å². The lowest BCUT2D eigenvalue weighted by molar-refractivity contribution is -0.385. The zero-order chi connectivity index (χ0) is 21.1. The molecule has 1 heterocycles. The monoisotopic (exact) mass is 410 g/mol. The van der Waals surface area contributed by atoms with Crippen LogP contribution in [0.4, 0.5) is 5.69 Å². The molecule has 7 heteroatoms. The number of rotatable bonds is 7. The highest BCUT2D eigenvalue weighted by molar-refractivity contribution is 5.80. The van der Waals surface area contributed by atoms with E-state index < -0.39 is 4.92 Å². The smallest absolute Gasteiger partial charge is 0.274 e. The summed E-state index contributed by atoms with van der Waals surface area (Å²) in [6.07, 6.45) is 5.08. The van der Waals surface area contributed by atoms with Gasteiger partial charge in [-0.3, -0.25) is 14.9 Å². The zero-order valence-electron chi connectivity index (χ0n) is 17.1. The van der Waals surface area contributed by atoms with Crippen LogP contribution in [0.3, 0.4) is 0 Å². The molecular formula is C23H26N2O5. The Kier molecular flexibility index (Phi) is 5.88. The van der Waals surface area contributed by atoms with Crippen LogP contribution in [0.1, 0.15) is 49.1 Å². The average Bonchev–Trinajstić information content (AvgIpc) is 3.38. The standard InChI is InChI=1S/C23H26N2O5/c1-29-21-11-10-16(12-22(21)30-19-7-3-4-8-19)18-13-23(26)24(15-18)14-17-6-2-5-9-20(17)25(27)28/h2,5-6,9-12,18-19H,3-4,7-8,13-15H2,1H3. The Labute approximate surface area is 175 Å². The molecule has 2 aromatic rings. The van der Waals surface area contributed by atoms with Crippen molar-refractivity contribution in [3.8, 4) is 11.5 Å². The summed E-state index contributed by atoms with van der Waals surface area (Å²) in [5, 5.41) is 11.3. The predicted octanol–water partition coefficient (Wildman–Crippen LogP) is 4.44. The molecule has 2 aliphatic rings. The Bertz CT molecular complexity index is 939. The molecule has 0 N–H and O–H groups in total. The van der Waals surface area contributed by atoms with Gasteiger partial charge in [0.1, 0.15) is 0 Å². The fourth-order valence-corrected chi connectivity index (χ4v) is 4.40. The normalized spacial score (nSPS) is 19.3. The minimum atomic E-state index is -0.399. The topological polar surface area (TPSA) is 81.9 Å². The van der Waals surface area contributed by atoms with E-state index in [1.54, 1.807) is 30.2 Å². The van der Waals surface area contributed by atoms with E-state index in [-0.39, 0.29) is 30.2 Å². The minimum Gasteiger partial charge on any atom is -0.493 e. The molecule has 1 amide bonds. The van der Waals surface area contributed by atoms with E-state index in [2.05, 4.69) is 0 Å². The predicted molar refractivity (Wildman–Crippen MR) is 112 cm³/mol. The van der Waals surface area contributed by atoms with E-state index in [0.717, 1.165) is 24.2 Å². The first kappa shape index (κ1) is 20.2. The van der Waals surface area contributed by atoms with Crippen LogP contribution in [0.25, 0.3) is 0 Å². The van der Waals surface area contributed by atoms with E-state index in [1.165, 1.54) is 18.9 Å². The highest BCUT2D eigenvalue weighted by Gasteiger charge is 2.32. The van der Waals surface area contributed by atoms with Crippen molar-refractivity contribution in [1.29, 1.82) is 0 Å². The molecular weight excluding hydrogens is 384 g/mol. The number of nitro groups is 1. The van der Waals surface area contributed by atoms with E-state index in [1.807, 2.05) is 18.2 Å². The molecule has 4 rings (SSSR count). The molecule has 158 valence electrons. The number of amides is 1. The third-order valence-corrected chi connectivity index (χ3v) is 6.02. The van der Waals surface area contributed by atoms with E-state index in [0.29, 0.717) is 24.3 Å². The lowest BCUT2D eigenvalue weighted by Crippen LogP contribution is -2.24. The number of hydrogen-bond acceptors (Lipinski definition) is 5. The summed E-state index contributed by atoms with van der Waals surface area (Å²) in [5.74, 6) is 1.46. The second-order valence-electron chi connectivity index (χ2n) is 8.00. The first-order valence-corrected chi connectivity index (χ1v) is 10.4. The molecule has 1 saturated carbocycles. The maximum Gasteiger partial charge on any atom is 0.274 e. The number of likely N-dealkylation sites (tertiary alicyclic amines) is 1. The maximum atomic E-state index is 12.6. The molecule has 1 atom stereocenters. The van der Waals surface area contributed by atoms with Crippen molar-refractivity contribution >= 4 is 11.6 Å². The third-order valence-electron chi connectivity index (χ3n) is 6.02. The first-order chi connectivity index (χ1) is 14.5. The number of hydrogen-bond donors (Lipinski definition) is 0. The van der Waals surface area contributed by atoms with Crippen LogP contribution < -0.4 is 9.47 Å². The van der Waals surface area contributed by atoms with Crippen LogP contribution in [0.15, 0.2) is 42.5 Å². The Morgan fingerprint density at radius 3 is 2.63 bits per heavy atom. The van der Waals surface area contributed by atoms with E-state index in [4.69, 9.17) is 9.47 Å². The average molecular weight is 410 g/mol. The van der Waals surface area contributed by atoms with Crippen molar-refractivity contribution in [1.82, 2.24) is 4.90 Å². The lowest BCUT2D eigenvalue weighted by atomic mass is 9.98. The second kappa shape index (κ2) is 8.73. The summed E-state index contributed by atoms with van der Waals surface area (Å²) in [7, 11) is 1.63. The Hall–Kier alpha value is -3.09. The number of benzene rings is 2. The van der Waals surface area contributed by atoms with Gasteiger partial charge in [0.05, 0.1) is 24.7 Å². The molecule has 0 bridgehead atoms. The first-order valence-electron chi connectivity index (χ1n) is 10.4. The highest BCUT2D eigenvalue weighted by atomic mass is 16.6. The van der Waals surface area contributed by atoms with Crippen molar-refractivity contribution in [2.24, 2.45) is 0 Å². The van der Waals surface area contributed by atoms with Crippen molar-refractivity contribution < 1.29 is 19.2 Å². The molecule has 0 spiro atoms. The molecule has 1 unspecified atom stereocenters. The third kappa shape index (κ3) is 4.25. The van der Waals surface area contributed by atoms with Crippen LogP contribution in [0.2, 0.25) is 0 Å². The molecule has 1 saturated heterocycles. The molecule has 0 aromatic heterocycles. The van der Waals surface area contributed by atoms with Gasteiger partial charge in [0.25, 0.3) is 5.69 Å². The minimum absolute atomic E-state index is 0.00669. The van der Waals surface area contributed by atoms with Crippen LogP contribution in [0, 0.1) is 10.1 Å². The van der Waals surface area contributed by atoms with Gasteiger partial charge in [-0.1, -0.05) is 24.3 Å². The van der Waals surface area contributed by atoms with Gasteiger partial charge in [-0.25, -0.2) is 0 Å². The summed E-state index contributed by atoms with van der Waals surface area (Å²) < 4.78 is 11.7. The Morgan fingerprint density at radius 1 is 1.13 bits per heavy atom. The molecule has 0 radical (unpaired) electrons. The van der Waals surface area contributed by atoms with Gasteiger partial charge >= 0.3 is 0 Å². The van der Waals surface area contributed by atoms with Crippen LogP contribution in [-0.4, -0.2) is 35.5 Å². The van der Waals surface area contributed by atoms with Crippen molar-refractivity contribution in [2.45, 2.75) is 50.7 Å². The molecule has 30 heavy (non-hydrogen) atoms.